The Kier molecular flexibility index (Phi) is 4.93. The molecule has 6 heteroatoms. The lowest BCUT2D eigenvalue weighted by molar-refractivity contribution is 0.103. The van der Waals surface area contributed by atoms with Gasteiger partial charge in [-0.2, -0.15) is 0 Å². The van der Waals surface area contributed by atoms with E-state index in [0.717, 1.165) is 0 Å². The van der Waals surface area contributed by atoms with Crippen molar-refractivity contribution in [3.05, 3.63) is 53.7 Å². The van der Waals surface area contributed by atoms with Crippen molar-refractivity contribution < 1.29 is 23.7 Å². The maximum Gasteiger partial charge on any atom is 0.203 e. The third-order valence-electron chi connectivity index (χ3n) is 4.13. The molecular formula is C20H19NO5. The zero-order valence-electron chi connectivity index (χ0n) is 15.0. The Morgan fingerprint density at radius 3 is 2.08 bits per heavy atom. The van der Waals surface area contributed by atoms with Crippen molar-refractivity contribution in [1.29, 1.82) is 0 Å². The molecule has 1 heterocycles. The van der Waals surface area contributed by atoms with Crippen LogP contribution in [0.15, 0.2) is 42.6 Å². The van der Waals surface area contributed by atoms with Gasteiger partial charge in [0.25, 0.3) is 0 Å². The highest BCUT2D eigenvalue weighted by Gasteiger charge is 2.20. The smallest absolute Gasteiger partial charge is 0.203 e. The molecule has 0 unspecified atom stereocenters. The summed E-state index contributed by atoms with van der Waals surface area (Å²) < 4.78 is 21.3. The summed E-state index contributed by atoms with van der Waals surface area (Å²) in [4.78, 5) is 17.5. The van der Waals surface area contributed by atoms with Crippen LogP contribution in [0.2, 0.25) is 0 Å². The van der Waals surface area contributed by atoms with Crippen molar-refractivity contribution in [3.8, 4) is 23.0 Å². The molecule has 0 saturated carbocycles. The molecule has 0 saturated heterocycles. The Labute approximate surface area is 151 Å². The van der Waals surface area contributed by atoms with Crippen LogP contribution in [-0.4, -0.2) is 39.2 Å². The molecule has 0 radical (unpaired) electrons. The molecule has 134 valence electrons. The average molecular weight is 353 g/mol. The van der Waals surface area contributed by atoms with Crippen LogP contribution >= 0.6 is 0 Å². The highest BCUT2D eigenvalue weighted by atomic mass is 16.5. The van der Waals surface area contributed by atoms with E-state index in [1.165, 1.54) is 21.3 Å². The Bertz CT molecular complexity index is 943. The zero-order chi connectivity index (χ0) is 18.7. The number of para-hydroxylation sites is 1. The van der Waals surface area contributed by atoms with Crippen molar-refractivity contribution >= 4 is 16.7 Å². The SMILES string of the molecule is COc1cc(C(=O)c2ccnc3c(OC)cccc23)cc(OC)c1OC. The number of hydrogen-bond donors (Lipinski definition) is 0. The lowest BCUT2D eigenvalue weighted by Crippen LogP contribution is -2.05. The molecule has 26 heavy (non-hydrogen) atoms. The number of pyridine rings is 1. The summed E-state index contributed by atoms with van der Waals surface area (Å²) in [6.07, 6.45) is 1.59. The Morgan fingerprint density at radius 1 is 0.846 bits per heavy atom. The van der Waals surface area contributed by atoms with E-state index in [1.807, 2.05) is 18.2 Å². The summed E-state index contributed by atoms with van der Waals surface area (Å²) >= 11 is 0. The van der Waals surface area contributed by atoms with E-state index in [1.54, 1.807) is 31.5 Å². The van der Waals surface area contributed by atoms with Gasteiger partial charge < -0.3 is 18.9 Å². The van der Waals surface area contributed by atoms with Gasteiger partial charge in [-0.25, -0.2) is 0 Å². The highest BCUT2D eigenvalue weighted by molar-refractivity contribution is 6.16. The number of hydrogen-bond acceptors (Lipinski definition) is 6. The standard InChI is InChI=1S/C20H19NO5/c1-23-15-7-5-6-13-14(8-9-21-18(13)15)19(22)12-10-16(24-2)20(26-4)17(11-12)25-3/h5-11H,1-4H3. The third-order valence-corrected chi connectivity index (χ3v) is 4.13. The number of ketones is 1. The first-order valence-electron chi connectivity index (χ1n) is 7.91. The molecule has 3 aromatic rings. The van der Waals surface area contributed by atoms with E-state index >= 15 is 0 Å². The van der Waals surface area contributed by atoms with Crippen molar-refractivity contribution in [2.45, 2.75) is 0 Å². The maximum atomic E-state index is 13.2. The molecule has 0 amide bonds. The van der Waals surface area contributed by atoms with E-state index in [-0.39, 0.29) is 5.78 Å². The van der Waals surface area contributed by atoms with Gasteiger partial charge in [-0.15, -0.1) is 0 Å². The Morgan fingerprint density at radius 2 is 1.50 bits per heavy atom. The molecule has 0 N–H and O–H groups in total. The third kappa shape index (κ3) is 2.90. The topological polar surface area (TPSA) is 66.9 Å². The number of nitrogens with zero attached hydrogens (tertiary/aromatic N) is 1. The molecule has 0 aliphatic rings. The monoisotopic (exact) mass is 353 g/mol. The van der Waals surface area contributed by atoms with Crippen LogP contribution in [0.5, 0.6) is 23.0 Å². The summed E-state index contributed by atoms with van der Waals surface area (Å²) in [7, 11) is 6.12. The predicted octanol–water partition coefficient (Wildman–Crippen LogP) is 3.50. The lowest BCUT2D eigenvalue weighted by atomic mass is 9.99. The molecule has 1 aromatic heterocycles. The van der Waals surface area contributed by atoms with Crippen LogP contribution in [0, 0.1) is 0 Å². The normalized spacial score (nSPS) is 10.5. The summed E-state index contributed by atoms with van der Waals surface area (Å²) in [5, 5.41) is 0.714. The van der Waals surface area contributed by atoms with Crippen molar-refractivity contribution in [3.63, 3.8) is 0 Å². The Balaban J connectivity index is 2.18. The number of aromatic nitrogens is 1. The summed E-state index contributed by atoms with van der Waals surface area (Å²) in [5.74, 6) is 1.72. The van der Waals surface area contributed by atoms with Gasteiger partial charge in [-0.3, -0.25) is 9.78 Å². The molecule has 3 rings (SSSR count). The van der Waals surface area contributed by atoms with E-state index < -0.39 is 0 Å². The van der Waals surface area contributed by atoms with E-state index in [9.17, 15) is 4.79 Å². The quantitative estimate of drug-likeness (QED) is 0.632. The summed E-state index contributed by atoms with van der Waals surface area (Å²) in [6.45, 7) is 0. The fraction of sp³-hybridized carbons (Fsp3) is 0.200. The summed E-state index contributed by atoms with van der Waals surface area (Å²) in [5.41, 5.74) is 1.58. The maximum absolute atomic E-state index is 13.2. The van der Waals surface area contributed by atoms with Crippen LogP contribution in [0.3, 0.4) is 0 Å². The molecule has 6 nitrogen and oxygen atoms in total. The molecule has 0 spiro atoms. The molecule has 0 bridgehead atoms. The van der Waals surface area contributed by atoms with E-state index in [2.05, 4.69) is 4.98 Å². The fourth-order valence-corrected chi connectivity index (χ4v) is 2.88. The first-order valence-corrected chi connectivity index (χ1v) is 7.91. The fourth-order valence-electron chi connectivity index (χ4n) is 2.88. The number of ether oxygens (including phenoxy) is 4. The minimum Gasteiger partial charge on any atom is -0.494 e. The second-order valence-electron chi connectivity index (χ2n) is 5.46. The van der Waals surface area contributed by atoms with Crippen molar-refractivity contribution in [2.24, 2.45) is 0 Å². The predicted molar refractivity (Wildman–Crippen MR) is 97.8 cm³/mol. The molecular weight excluding hydrogens is 334 g/mol. The van der Waals surface area contributed by atoms with Gasteiger partial charge in [0.1, 0.15) is 11.3 Å². The second-order valence-corrected chi connectivity index (χ2v) is 5.46. The lowest BCUT2D eigenvalue weighted by Gasteiger charge is -2.14. The largest absolute Gasteiger partial charge is 0.494 e. The minimum absolute atomic E-state index is 0.176. The average Bonchev–Trinajstić information content (AvgIpc) is 2.70. The number of rotatable bonds is 6. The van der Waals surface area contributed by atoms with Gasteiger partial charge >= 0.3 is 0 Å². The molecule has 0 aliphatic carbocycles. The molecule has 0 atom stereocenters. The van der Waals surface area contributed by atoms with Crippen LogP contribution in [0.4, 0.5) is 0 Å². The van der Waals surface area contributed by atoms with Crippen molar-refractivity contribution in [1.82, 2.24) is 4.98 Å². The minimum atomic E-state index is -0.176. The van der Waals surface area contributed by atoms with Crippen LogP contribution in [0.25, 0.3) is 10.9 Å². The van der Waals surface area contributed by atoms with Crippen LogP contribution in [0.1, 0.15) is 15.9 Å². The van der Waals surface area contributed by atoms with Crippen LogP contribution < -0.4 is 18.9 Å². The van der Waals surface area contributed by atoms with E-state index in [4.69, 9.17) is 18.9 Å². The van der Waals surface area contributed by atoms with Gasteiger partial charge in [0.05, 0.1) is 28.4 Å². The molecule has 2 aromatic carbocycles. The van der Waals surface area contributed by atoms with Gasteiger partial charge in [0, 0.05) is 22.7 Å². The first kappa shape index (κ1) is 17.5. The second kappa shape index (κ2) is 7.31. The Hall–Kier alpha value is -3.28. The number of fused-ring (bicyclic) bond motifs is 1. The molecule has 0 fully saturated rings. The van der Waals surface area contributed by atoms with Gasteiger partial charge in [0.2, 0.25) is 5.75 Å². The van der Waals surface area contributed by atoms with Crippen LogP contribution in [-0.2, 0) is 0 Å². The van der Waals surface area contributed by atoms with Gasteiger partial charge in [-0.1, -0.05) is 12.1 Å². The number of benzene rings is 2. The zero-order valence-corrected chi connectivity index (χ0v) is 15.0. The van der Waals surface area contributed by atoms with Gasteiger partial charge in [-0.05, 0) is 24.3 Å². The summed E-state index contributed by atoms with van der Waals surface area (Å²) in [6, 6.07) is 10.4. The van der Waals surface area contributed by atoms with Crippen molar-refractivity contribution in [2.75, 3.05) is 28.4 Å². The highest BCUT2D eigenvalue weighted by Crippen LogP contribution is 2.39. The van der Waals surface area contributed by atoms with Gasteiger partial charge in [0.15, 0.2) is 17.3 Å². The first-order chi connectivity index (χ1) is 12.6. The number of carbonyl (C=O) groups is 1. The molecule has 0 aliphatic heterocycles. The number of carbonyl (C=O) groups excluding carboxylic acids is 1. The number of methoxy groups -OCH3 is 4. The van der Waals surface area contributed by atoms with E-state index in [0.29, 0.717) is 45.0 Å².